The molecule has 0 bridgehead atoms. The third kappa shape index (κ3) is 3.96. The van der Waals surface area contributed by atoms with Crippen LogP contribution < -0.4 is 0 Å². The third-order valence-corrected chi connectivity index (χ3v) is 4.14. The van der Waals surface area contributed by atoms with Crippen molar-refractivity contribution in [3.63, 3.8) is 0 Å². The molecule has 22 heavy (non-hydrogen) atoms. The molecule has 2 aromatic carbocycles. The number of rotatable bonds is 4. The summed E-state index contributed by atoms with van der Waals surface area (Å²) in [7, 11) is 0. The minimum atomic E-state index is -0.0343. The lowest BCUT2D eigenvalue weighted by atomic mass is 10.0. The Morgan fingerprint density at radius 2 is 1.41 bits per heavy atom. The van der Waals surface area contributed by atoms with E-state index in [1.807, 2.05) is 0 Å². The number of ether oxygens (including phenoxy) is 2. The zero-order valence-corrected chi connectivity index (χ0v) is 13.4. The second-order valence-corrected chi connectivity index (χ2v) is 6.30. The number of hydrogen-bond acceptors (Lipinski definition) is 2. The van der Waals surface area contributed by atoms with Crippen LogP contribution in [0.1, 0.15) is 24.5 Å². The molecule has 0 N–H and O–H groups in total. The van der Waals surface area contributed by atoms with Gasteiger partial charge in [0.15, 0.2) is 6.29 Å². The quantitative estimate of drug-likeness (QED) is 0.820. The van der Waals surface area contributed by atoms with Gasteiger partial charge in [-0.1, -0.05) is 61.0 Å². The zero-order valence-electron chi connectivity index (χ0n) is 13.4. The molecule has 0 saturated carbocycles. The summed E-state index contributed by atoms with van der Waals surface area (Å²) in [6, 6.07) is 17.5. The van der Waals surface area contributed by atoms with E-state index in [-0.39, 0.29) is 6.29 Å². The summed E-state index contributed by atoms with van der Waals surface area (Å²) in [5.41, 5.74) is 5.16. The van der Waals surface area contributed by atoms with Crippen molar-refractivity contribution in [2.24, 2.45) is 5.92 Å². The van der Waals surface area contributed by atoms with Crippen LogP contribution in [0, 0.1) is 12.8 Å². The number of hydrogen-bond donors (Lipinski definition) is 0. The van der Waals surface area contributed by atoms with Crippen LogP contribution in [0.2, 0.25) is 0 Å². The number of aryl methyl sites for hydroxylation is 2. The Labute approximate surface area is 133 Å². The fourth-order valence-electron chi connectivity index (χ4n) is 2.70. The molecule has 2 nitrogen and oxygen atoms in total. The van der Waals surface area contributed by atoms with Crippen molar-refractivity contribution in [3.05, 3.63) is 59.7 Å². The predicted octanol–water partition coefficient (Wildman–Crippen LogP) is 4.60. The van der Waals surface area contributed by atoms with Crippen molar-refractivity contribution in [2.75, 3.05) is 13.2 Å². The molecule has 0 unspecified atom stereocenters. The SMILES string of the molecule is Cc1ccc(-c2ccc(CCC3OCC(C)CO3)cc2)cc1. The first-order valence-corrected chi connectivity index (χ1v) is 8.10. The molecule has 0 amide bonds. The fourth-order valence-corrected chi connectivity index (χ4v) is 2.70. The van der Waals surface area contributed by atoms with Crippen molar-refractivity contribution in [3.8, 4) is 11.1 Å². The predicted molar refractivity (Wildman–Crippen MR) is 89.8 cm³/mol. The normalized spacial score (nSPS) is 21.7. The summed E-state index contributed by atoms with van der Waals surface area (Å²) in [6.07, 6.45) is 1.89. The van der Waals surface area contributed by atoms with Gasteiger partial charge in [0.25, 0.3) is 0 Å². The van der Waals surface area contributed by atoms with E-state index in [0.717, 1.165) is 26.1 Å². The monoisotopic (exact) mass is 296 g/mol. The van der Waals surface area contributed by atoms with Gasteiger partial charge in [0.05, 0.1) is 13.2 Å². The van der Waals surface area contributed by atoms with Crippen LogP contribution in [0.25, 0.3) is 11.1 Å². The molecule has 0 radical (unpaired) electrons. The molecule has 116 valence electrons. The lowest BCUT2D eigenvalue weighted by Gasteiger charge is -2.27. The first-order chi connectivity index (χ1) is 10.7. The molecule has 3 rings (SSSR count). The van der Waals surface area contributed by atoms with E-state index >= 15 is 0 Å². The Balaban J connectivity index is 1.56. The van der Waals surface area contributed by atoms with Crippen molar-refractivity contribution in [1.82, 2.24) is 0 Å². The minimum absolute atomic E-state index is 0.0343. The summed E-state index contributed by atoms with van der Waals surface area (Å²) in [6.45, 7) is 5.90. The zero-order chi connectivity index (χ0) is 15.4. The first-order valence-electron chi connectivity index (χ1n) is 8.10. The van der Waals surface area contributed by atoms with E-state index in [2.05, 4.69) is 62.4 Å². The molecule has 2 aromatic rings. The fraction of sp³-hybridized carbons (Fsp3) is 0.400. The Kier molecular flexibility index (Phi) is 4.91. The van der Waals surface area contributed by atoms with Crippen LogP contribution in [-0.4, -0.2) is 19.5 Å². The molecule has 0 atom stereocenters. The summed E-state index contributed by atoms with van der Waals surface area (Å²) in [5, 5.41) is 0. The van der Waals surface area contributed by atoms with E-state index in [0.29, 0.717) is 5.92 Å². The molecule has 1 heterocycles. The van der Waals surface area contributed by atoms with E-state index in [1.165, 1.54) is 22.3 Å². The molecule has 1 aliphatic rings. The molecule has 0 aromatic heterocycles. The Morgan fingerprint density at radius 1 is 0.864 bits per heavy atom. The van der Waals surface area contributed by atoms with Crippen molar-refractivity contribution < 1.29 is 9.47 Å². The molecular weight excluding hydrogens is 272 g/mol. The Bertz CT molecular complexity index is 578. The lowest BCUT2D eigenvalue weighted by molar-refractivity contribution is -0.199. The highest BCUT2D eigenvalue weighted by molar-refractivity contribution is 5.63. The van der Waals surface area contributed by atoms with Gasteiger partial charge in [-0.2, -0.15) is 0 Å². The maximum atomic E-state index is 5.69. The minimum Gasteiger partial charge on any atom is -0.352 e. The van der Waals surface area contributed by atoms with Crippen LogP contribution in [0.3, 0.4) is 0 Å². The van der Waals surface area contributed by atoms with Gasteiger partial charge in [-0.05, 0) is 30.0 Å². The van der Waals surface area contributed by atoms with Crippen LogP contribution in [-0.2, 0) is 15.9 Å². The third-order valence-electron chi connectivity index (χ3n) is 4.14. The molecule has 0 aliphatic carbocycles. The Morgan fingerprint density at radius 3 is 2.00 bits per heavy atom. The summed E-state index contributed by atoms with van der Waals surface area (Å²) in [4.78, 5) is 0. The topological polar surface area (TPSA) is 18.5 Å². The largest absolute Gasteiger partial charge is 0.352 e. The van der Waals surface area contributed by atoms with Crippen LogP contribution in [0.15, 0.2) is 48.5 Å². The molecule has 1 fully saturated rings. The van der Waals surface area contributed by atoms with E-state index in [9.17, 15) is 0 Å². The van der Waals surface area contributed by atoms with Gasteiger partial charge in [-0.25, -0.2) is 0 Å². The van der Waals surface area contributed by atoms with Gasteiger partial charge in [-0.3, -0.25) is 0 Å². The average Bonchev–Trinajstić information content (AvgIpc) is 2.56. The van der Waals surface area contributed by atoms with Gasteiger partial charge in [0.1, 0.15) is 0 Å². The maximum Gasteiger partial charge on any atom is 0.157 e. The first kappa shape index (κ1) is 15.3. The molecular formula is C20H24O2. The lowest BCUT2D eigenvalue weighted by Crippen LogP contribution is -2.30. The highest BCUT2D eigenvalue weighted by Gasteiger charge is 2.18. The second-order valence-electron chi connectivity index (χ2n) is 6.30. The standard InChI is InChI=1S/C20H24O2/c1-15-3-8-18(9-4-15)19-10-5-17(6-11-19)7-12-20-21-13-16(2)14-22-20/h3-6,8-11,16,20H,7,12-14H2,1-2H3. The van der Waals surface area contributed by atoms with E-state index < -0.39 is 0 Å². The highest BCUT2D eigenvalue weighted by atomic mass is 16.7. The highest BCUT2D eigenvalue weighted by Crippen LogP contribution is 2.21. The summed E-state index contributed by atoms with van der Waals surface area (Å²) in [5.74, 6) is 0.519. The maximum absolute atomic E-state index is 5.69. The van der Waals surface area contributed by atoms with Gasteiger partial charge in [0.2, 0.25) is 0 Å². The van der Waals surface area contributed by atoms with Crippen LogP contribution >= 0.6 is 0 Å². The number of benzene rings is 2. The average molecular weight is 296 g/mol. The Hall–Kier alpha value is -1.64. The molecule has 2 heteroatoms. The van der Waals surface area contributed by atoms with Gasteiger partial charge in [0, 0.05) is 12.3 Å². The summed E-state index contributed by atoms with van der Waals surface area (Å²) < 4.78 is 11.4. The van der Waals surface area contributed by atoms with Crippen molar-refractivity contribution >= 4 is 0 Å². The van der Waals surface area contributed by atoms with Gasteiger partial charge >= 0.3 is 0 Å². The van der Waals surface area contributed by atoms with Crippen LogP contribution in [0.4, 0.5) is 0 Å². The second kappa shape index (κ2) is 7.08. The van der Waals surface area contributed by atoms with Gasteiger partial charge in [-0.15, -0.1) is 0 Å². The molecule has 1 saturated heterocycles. The smallest absolute Gasteiger partial charge is 0.157 e. The molecule has 0 spiro atoms. The van der Waals surface area contributed by atoms with E-state index in [1.54, 1.807) is 0 Å². The molecule has 1 aliphatic heterocycles. The van der Waals surface area contributed by atoms with Crippen LogP contribution in [0.5, 0.6) is 0 Å². The van der Waals surface area contributed by atoms with Gasteiger partial charge < -0.3 is 9.47 Å². The van der Waals surface area contributed by atoms with E-state index in [4.69, 9.17) is 9.47 Å². The summed E-state index contributed by atoms with van der Waals surface area (Å²) >= 11 is 0. The van der Waals surface area contributed by atoms with Crippen molar-refractivity contribution in [2.45, 2.75) is 33.0 Å². The van der Waals surface area contributed by atoms with Crippen molar-refractivity contribution in [1.29, 1.82) is 0 Å².